The minimum absolute atomic E-state index is 0.000883. The number of nitrogens with zero attached hydrogens (tertiary/aromatic N) is 10. The highest BCUT2D eigenvalue weighted by Gasteiger charge is 2.33. The van der Waals surface area contributed by atoms with E-state index in [0.29, 0.717) is 181 Å². The zero-order valence-corrected chi connectivity index (χ0v) is 78.7. The number of alkyl carbamates (subject to hydrolysis) is 7. The summed E-state index contributed by atoms with van der Waals surface area (Å²) >= 11 is 4.87. The maximum atomic E-state index is 11.7. The van der Waals surface area contributed by atoms with Crippen molar-refractivity contribution in [3.63, 3.8) is 0 Å². The van der Waals surface area contributed by atoms with Crippen LogP contribution in [0.3, 0.4) is 0 Å². The molecule has 1 aliphatic heterocycles. The molecule has 750 valence electrons. The molecule has 0 aromatic heterocycles. The molecule has 49 nitrogen and oxygen atoms in total. The first kappa shape index (κ1) is 136. The number of methoxy groups -OCH3 is 6. The van der Waals surface area contributed by atoms with Crippen molar-refractivity contribution >= 4 is 78.6 Å². The Kier molecular flexibility index (Phi) is 115. The van der Waals surface area contributed by atoms with E-state index in [1.54, 1.807) is 6.07 Å². The summed E-state index contributed by atoms with van der Waals surface area (Å²) < 4.78 is 45.5. The average molecular weight is 1870 g/mol. The molecule has 50 heteroatoms. The molecular weight excluding hydrogens is 1710 g/mol. The Balaban J connectivity index is -0.000000189. The molecule has 1 saturated heterocycles. The van der Waals surface area contributed by atoms with E-state index in [2.05, 4.69) is 108 Å². The summed E-state index contributed by atoms with van der Waals surface area (Å²) in [5.74, 6) is -1.18. The molecular formula is C78H158ClN21O28. The van der Waals surface area contributed by atoms with E-state index in [9.17, 15) is 52.7 Å². The Bertz CT molecular complexity index is 2690. The van der Waals surface area contributed by atoms with Gasteiger partial charge in [-0.25, -0.2) is 43.2 Å². The summed E-state index contributed by atoms with van der Waals surface area (Å²) in [5, 5.41) is 95.4. The van der Waals surface area contributed by atoms with E-state index in [0.717, 1.165) is 85.0 Å². The van der Waals surface area contributed by atoms with Gasteiger partial charge >= 0.3 is 55.0 Å². The Morgan fingerprint density at radius 3 is 0.898 bits per heavy atom. The van der Waals surface area contributed by atoms with Crippen LogP contribution in [0.25, 0.3) is 0 Å². The molecule has 128 heavy (non-hydrogen) atoms. The summed E-state index contributed by atoms with van der Waals surface area (Å²) in [6.07, 6.45) is 3.63. The number of aliphatic hydroxyl groups is 6. The number of carbonyl (C=O) groups excluding carboxylic acids is 11. The maximum absolute atomic E-state index is 11.7. The van der Waals surface area contributed by atoms with E-state index in [1.807, 2.05) is 61.7 Å². The summed E-state index contributed by atoms with van der Waals surface area (Å²) in [6, 6.07) is 5.75. The molecule has 0 bridgehead atoms. The monoisotopic (exact) mass is 1870 g/mol. The largest absolute Gasteiger partial charge is 0.534 e. The number of amides is 9. The van der Waals surface area contributed by atoms with Crippen LogP contribution in [0.1, 0.15) is 111 Å². The fourth-order valence-corrected chi connectivity index (χ4v) is 9.26. The molecule has 1 aliphatic rings. The number of carbonyl (C=O) groups is 11. The number of nitrogens with one attached hydrogen (secondary N) is 8. The van der Waals surface area contributed by atoms with Crippen LogP contribution in [0.4, 0.5) is 43.2 Å². The summed E-state index contributed by atoms with van der Waals surface area (Å²) in [6.45, 7) is 28.8. The number of likely N-dealkylation sites (N-methyl/N-ethyl adjacent to an activating group) is 1. The van der Waals surface area contributed by atoms with Gasteiger partial charge in [-0.05, 0) is 171 Å². The molecule has 0 aliphatic carbocycles. The number of nitriles is 3. The predicted molar refractivity (Wildman–Crippen MR) is 476 cm³/mol. The molecule has 1 rings (SSSR count). The average Bonchev–Trinajstić information content (AvgIpc) is 1.73. The van der Waals surface area contributed by atoms with E-state index >= 15 is 0 Å². The number of imide groups is 1. The molecule has 0 spiro atoms. The summed E-state index contributed by atoms with van der Waals surface area (Å²) in [4.78, 5) is 139. The van der Waals surface area contributed by atoms with Crippen LogP contribution in [0.2, 0.25) is 0 Å². The van der Waals surface area contributed by atoms with Gasteiger partial charge in [0.25, 0.3) is 11.8 Å². The quantitative estimate of drug-likeness (QED) is 0.0127. The highest BCUT2D eigenvalue weighted by Crippen LogP contribution is 2.13. The van der Waals surface area contributed by atoms with Crippen LogP contribution >= 0.6 is 11.9 Å². The third kappa shape index (κ3) is 109. The number of halogens is 1. The first-order valence-electron chi connectivity index (χ1n) is 41.7. The number of aliphatic hydroxyl groups excluding tert-OH is 6. The van der Waals surface area contributed by atoms with Crippen LogP contribution in [-0.4, -0.2) is 431 Å². The van der Waals surface area contributed by atoms with Crippen molar-refractivity contribution in [2.45, 2.75) is 117 Å². The first-order chi connectivity index (χ1) is 61.3. The van der Waals surface area contributed by atoms with E-state index < -0.39 is 66.3 Å². The second kappa shape index (κ2) is 108. The molecule has 20 N–H and O–H groups in total. The van der Waals surface area contributed by atoms with Crippen LogP contribution in [0, 0.1) is 34.0 Å². The third-order valence-electron chi connectivity index (χ3n) is 15.2. The van der Waals surface area contributed by atoms with Gasteiger partial charge in [-0.2, -0.15) is 15.8 Å². The minimum atomic E-state index is -1.14. The Labute approximate surface area is 761 Å². The zero-order valence-electron chi connectivity index (χ0n) is 78.0. The van der Waals surface area contributed by atoms with E-state index in [-0.39, 0.29) is 65.2 Å². The highest BCUT2D eigenvalue weighted by atomic mass is 35.5. The smallest absolute Gasteiger partial charge is 0.453 e. The van der Waals surface area contributed by atoms with Gasteiger partial charge in [0.15, 0.2) is 0 Å². The molecule has 0 atom stereocenters. The maximum Gasteiger partial charge on any atom is 0.534 e. The number of rotatable bonds is 55. The van der Waals surface area contributed by atoms with Crippen LogP contribution in [0.5, 0.6) is 0 Å². The fourth-order valence-electron chi connectivity index (χ4n) is 9.21. The topological polar surface area (TPSA) is 679 Å². The van der Waals surface area contributed by atoms with Gasteiger partial charge in [-0.3, -0.25) is 29.1 Å². The molecule has 0 unspecified atom stereocenters. The molecule has 0 aromatic carbocycles. The fraction of sp³-hybridized carbons (Fsp3) is 0.795. The van der Waals surface area contributed by atoms with Gasteiger partial charge in [0.05, 0.1) is 93.9 Å². The second-order valence-electron chi connectivity index (χ2n) is 26.3. The zero-order chi connectivity index (χ0) is 99.1. The number of hydroxylamine groups is 2. The van der Waals surface area contributed by atoms with Crippen LogP contribution in [-0.2, 0) is 61.3 Å². The number of hydrogen-bond acceptors (Lipinski definition) is 41. The van der Waals surface area contributed by atoms with Gasteiger partial charge in [0.2, 0.25) is 0 Å². The SMILES string of the molecule is C=CC#N.CCN(CCO)CCCNC(=O)OC(C)(C)C.CNC.CO.COC(=O)NCCCN(CCCNC(=O)OC)CCOC(=O)OCl.COC(=O)NCCCN(CCCNC(=O)OC)CCOC(=O)ON1C(=O)CCC1=O.COC(=O)NCCCN(CCO)CCCNC(=O)OC.N#CCCN(CCO)CCC#N.NCCCN(CCO)CCCN.NCCO. The molecule has 0 saturated carbocycles. The summed E-state index contributed by atoms with van der Waals surface area (Å²) in [5.41, 5.74) is 15.1. The molecule has 0 aromatic rings. The lowest BCUT2D eigenvalue weighted by molar-refractivity contribution is -0.177. The number of nitrogens with two attached hydrogens (primary N) is 3. The predicted octanol–water partition coefficient (Wildman–Crippen LogP) is 0.238. The lowest BCUT2D eigenvalue weighted by Crippen LogP contribution is -2.36. The van der Waals surface area contributed by atoms with Gasteiger partial charge in [-0.1, -0.05) is 18.6 Å². The molecule has 0 radical (unpaired) electrons. The van der Waals surface area contributed by atoms with Crippen molar-refractivity contribution in [3.05, 3.63) is 12.7 Å². The van der Waals surface area contributed by atoms with E-state index in [1.165, 1.54) is 48.7 Å². The molecule has 1 fully saturated rings. The first-order valence-corrected chi connectivity index (χ1v) is 42.0. The molecule has 1 heterocycles. The lowest BCUT2D eigenvalue weighted by Gasteiger charge is -2.22. The Hall–Kier alpha value is -9.57. The molecule has 9 amide bonds. The van der Waals surface area contributed by atoms with Crippen molar-refractivity contribution < 1.29 is 135 Å². The number of hydrogen-bond donors (Lipinski definition) is 17. The van der Waals surface area contributed by atoms with E-state index in [4.69, 9.17) is 89.7 Å². The van der Waals surface area contributed by atoms with Crippen molar-refractivity contribution in [2.75, 3.05) is 293 Å². The van der Waals surface area contributed by atoms with Gasteiger partial charge < -0.3 is 152 Å². The van der Waals surface area contributed by atoms with Crippen molar-refractivity contribution in [2.24, 2.45) is 17.2 Å². The van der Waals surface area contributed by atoms with Gasteiger partial charge in [0, 0.05) is 144 Å². The van der Waals surface area contributed by atoms with Crippen molar-refractivity contribution in [1.82, 2.24) is 77.0 Å². The van der Waals surface area contributed by atoms with Crippen molar-refractivity contribution in [3.8, 4) is 18.2 Å². The Morgan fingerprint density at radius 2 is 0.672 bits per heavy atom. The third-order valence-corrected chi connectivity index (χ3v) is 15.3. The standard InChI is InChI=1S/C17H28N4O9.C13H24ClN3O7.C12H25N3O5.C12H26N2O3.C8H21N3O.C8H13N3O.C3H3N.C2H7NO.C2H7N.CH4O/c1-27-15(24)18-7-3-9-20(10-4-8-19-16(25)28-2)11-12-29-17(26)30-21-13(22)5-6-14(21)23;1-21-11(18)15-5-3-7-17(9-10-23-13(20)24-14)8-4-6-16-12(19)22-2;1-19-11(17)13-5-3-7-15(9-10-16)8-4-6-14-12(18)20-2;1-5-14(9-10-15)8-6-7-13-11(16)17-12(2,3)4;2*9-3-1-5-11(7-8-12)6-2-4-10;1-2-3-4;3-1-2-4;1-3-2;1-2/h3-12H2,1-2H3,(H,18,24)(H,19,25);3-10H2,1-2H3,(H,15,18)(H,16,19);16H,3-10H2,1-2H3,(H,13,17)(H,14,18);15H,5-10H2,1-4H3,(H,13,16);12H,1-10H2;12H,1-2,5-8H2;2H,1H2;4H,1-3H2;3H,1-2H3;2H,1H3. The van der Waals surface area contributed by atoms with Gasteiger partial charge in [0.1, 0.15) is 30.7 Å². The van der Waals surface area contributed by atoms with Crippen LogP contribution < -0.4 is 59.7 Å². The number of allylic oxidation sites excluding steroid dienone is 1. The van der Waals surface area contributed by atoms with Crippen molar-refractivity contribution in [1.29, 1.82) is 15.8 Å². The summed E-state index contributed by atoms with van der Waals surface area (Å²) in [7, 11) is 12.5. The Morgan fingerprint density at radius 1 is 0.430 bits per heavy atom. The highest BCUT2D eigenvalue weighted by molar-refractivity contribution is 6.12. The second-order valence-corrected chi connectivity index (χ2v) is 26.5. The van der Waals surface area contributed by atoms with Gasteiger partial charge in [-0.15, -0.1) is 0 Å². The van der Waals surface area contributed by atoms with Crippen LogP contribution in [0.15, 0.2) is 12.7 Å². The number of ether oxygens (including phenoxy) is 9. The minimum Gasteiger partial charge on any atom is -0.453 e. The lowest BCUT2D eigenvalue weighted by atomic mass is 10.2. The normalized spacial score (nSPS) is 10.6.